The number of allylic oxidation sites excluding steroid dienone is 5. The fraction of sp³-hybridized carbons (Fsp3) is 0.292. The van der Waals surface area contributed by atoms with E-state index in [9.17, 15) is 8.78 Å². The number of halogens is 3. The Labute approximate surface area is 192 Å². The van der Waals surface area contributed by atoms with Gasteiger partial charge >= 0.3 is 0 Å². The lowest BCUT2D eigenvalue weighted by Crippen LogP contribution is -2.16. The van der Waals surface area contributed by atoms with Gasteiger partial charge in [0.15, 0.2) is 0 Å². The number of rotatable bonds is 10. The molecule has 0 aliphatic heterocycles. The molecular formula is C24H25ClF2N4O. The predicted octanol–water partition coefficient (Wildman–Crippen LogP) is 5.67. The standard InChI is InChI=1S/C24H25ClF2N4O/c1-3-6-16(14-28)22(4-2)32-12-5-11-30-24(29)20-10-9-19(23(20)31-15-25)18-8-7-17(26)13-21(18)27/h3-4,6-8,13,15,19H,1,5,9-12H2,2H3,(H2,29,30)/b16-6-,22-4+,31-15?. The Kier molecular flexibility index (Phi) is 9.83. The van der Waals surface area contributed by atoms with Gasteiger partial charge in [-0.1, -0.05) is 30.3 Å². The largest absolute Gasteiger partial charge is 0.492 e. The summed E-state index contributed by atoms with van der Waals surface area (Å²) in [5, 5.41) is 9.17. The summed E-state index contributed by atoms with van der Waals surface area (Å²) >= 11 is 5.70. The fourth-order valence-corrected chi connectivity index (χ4v) is 3.59. The Morgan fingerprint density at radius 3 is 2.84 bits per heavy atom. The van der Waals surface area contributed by atoms with Crippen LogP contribution in [0.25, 0.3) is 0 Å². The first-order chi connectivity index (χ1) is 15.5. The molecule has 32 heavy (non-hydrogen) atoms. The maximum Gasteiger partial charge on any atom is 0.132 e. The number of nitriles is 1. The highest BCUT2D eigenvalue weighted by Crippen LogP contribution is 2.41. The summed E-state index contributed by atoms with van der Waals surface area (Å²) in [6.45, 7) is 6.11. The van der Waals surface area contributed by atoms with E-state index in [0.717, 1.165) is 11.7 Å². The molecule has 1 atom stereocenters. The number of hydrogen-bond acceptors (Lipinski definition) is 4. The number of nitrogens with two attached hydrogens (primary N) is 1. The Balaban J connectivity index is 2.07. The van der Waals surface area contributed by atoms with Crippen molar-refractivity contribution in [1.82, 2.24) is 0 Å². The molecule has 0 saturated carbocycles. The van der Waals surface area contributed by atoms with Gasteiger partial charge in [-0.05, 0) is 43.5 Å². The summed E-state index contributed by atoms with van der Waals surface area (Å²) in [4.78, 5) is 8.59. The van der Waals surface area contributed by atoms with Crippen molar-refractivity contribution < 1.29 is 13.5 Å². The van der Waals surface area contributed by atoms with Gasteiger partial charge in [-0.2, -0.15) is 5.26 Å². The molecule has 1 aliphatic rings. The molecule has 0 saturated heterocycles. The van der Waals surface area contributed by atoms with Crippen molar-refractivity contribution in [3.8, 4) is 6.07 Å². The Morgan fingerprint density at radius 2 is 2.22 bits per heavy atom. The molecule has 168 valence electrons. The molecule has 5 nitrogen and oxygen atoms in total. The fourth-order valence-electron chi connectivity index (χ4n) is 3.48. The lowest BCUT2D eigenvalue weighted by Gasteiger charge is -2.13. The summed E-state index contributed by atoms with van der Waals surface area (Å²) < 4.78 is 33.2. The molecule has 1 aromatic carbocycles. The van der Waals surface area contributed by atoms with Gasteiger partial charge in [0, 0.05) is 30.5 Å². The van der Waals surface area contributed by atoms with Crippen molar-refractivity contribution >= 4 is 23.1 Å². The van der Waals surface area contributed by atoms with Gasteiger partial charge in [0.05, 0.1) is 23.6 Å². The van der Waals surface area contributed by atoms with E-state index in [-0.39, 0.29) is 5.92 Å². The predicted molar refractivity (Wildman–Crippen MR) is 124 cm³/mol. The second-order valence-electron chi connectivity index (χ2n) is 6.90. The molecule has 1 unspecified atom stereocenters. The molecular weight excluding hydrogens is 434 g/mol. The molecule has 0 aromatic heterocycles. The summed E-state index contributed by atoms with van der Waals surface area (Å²) in [6, 6.07) is 5.56. The molecule has 0 radical (unpaired) electrons. The van der Waals surface area contributed by atoms with E-state index in [4.69, 9.17) is 27.3 Å². The first-order valence-electron chi connectivity index (χ1n) is 10.1. The molecule has 1 aromatic rings. The SMILES string of the molecule is C=C/C=C(C#N)\C(=C/C)OCCCN=C(N)C1=C(N=CCl)C(c2ccc(F)cc2F)CC1. The number of ether oxygens (including phenoxy) is 1. The molecule has 2 rings (SSSR count). The van der Waals surface area contributed by atoms with Crippen LogP contribution in [0, 0.1) is 23.0 Å². The molecule has 0 spiro atoms. The van der Waals surface area contributed by atoms with Crippen LogP contribution < -0.4 is 5.73 Å². The van der Waals surface area contributed by atoms with Crippen molar-refractivity contribution in [2.45, 2.75) is 32.1 Å². The zero-order chi connectivity index (χ0) is 23.5. The minimum atomic E-state index is -0.637. The van der Waals surface area contributed by atoms with Crippen LogP contribution in [0.2, 0.25) is 0 Å². The van der Waals surface area contributed by atoms with Crippen LogP contribution in [-0.2, 0) is 4.74 Å². The second kappa shape index (κ2) is 12.6. The van der Waals surface area contributed by atoms with Crippen LogP contribution in [0.15, 0.2) is 75.6 Å². The monoisotopic (exact) mass is 458 g/mol. The van der Waals surface area contributed by atoms with Gasteiger partial charge in [0.1, 0.15) is 29.3 Å². The zero-order valence-electron chi connectivity index (χ0n) is 17.8. The summed E-state index contributed by atoms with van der Waals surface area (Å²) in [5.74, 6) is -0.861. The quantitative estimate of drug-likeness (QED) is 0.122. The highest BCUT2D eigenvalue weighted by molar-refractivity contribution is 6.56. The Morgan fingerprint density at radius 1 is 1.44 bits per heavy atom. The maximum absolute atomic E-state index is 14.3. The lowest BCUT2D eigenvalue weighted by atomic mass is 9.96. The number of amidine groups is 1. The highest BCUT2D eigenvalue weighted by Gasteiger charge is 2.30. The van der Waals surface area contributed by atoms with Crippen LogP contribution in [0.1, 0.15) is 37.7 Å². The number of aliphatic imine (C=N–C) groups is 2. The number of nitrogens with zero attached hydrogens (tertiary/aromatic N) is 3. The van der Waals surface area contributed by atoms with Gasteiger partial charge in [0.2, 0.25) is 0 Å². The molecule has 2 N–H and O–H groups in total. The molecule has 1 aliphatic carbocycles. The van der Waals surface area contributed by atoms with E-state index in [1.165, 1.54) is 18.2 Å². The van der Waals surface area contributed by atoms with E-state index >= 15 is 0 Å². The van der Waals surface area contributed by atoms with Crippen LogP contribution in [0.3, 0.4) is 0 Å². The third kappa shape index (κ3) is 6.38. The summed E-state index contributed by atoms with van der Waals surface area (Å²) in [7, 11) is 0. The first-order valence-corrected chi connectivity index (χ1v) is 10.5. The summed E-state index contributed by atoms with van der Waals surface area (Å²) in [5.41, 5.74) is 9.27. The van der Waals surface area contributed by atoms with Crippen LogP contribution in [0.5, 0.6) is 0 Å². The highest BCUT2D eigenvalue weighted by atomic mass is 35.5. The molecule has 0 heterocycles. The molecule has 0 amide bonds. The number of hydrogen-bond donors (Lipinski definition) is 1. The van der Waals surface area contributed by atoms with Crippen LogP contribution in [0.4, 0.5) is 8.78 Å². The zero-order valence-corrected chi connectivity index (χ0v) is 18.6. The normalized spacial score (nSPS) is 17.7. The van der Waals surface area contributed by atoms with Crippen molar-refractivity contribution in [3.63, 3.8) is 0 Å². The van der Waals surface area contributed by atoms with E-state index < -0.39 is 11.6 Å². The first kappa shape index (κ1) is 25.0. The minimum absolute atomic E-state index is 0.308. The average Bonchev–Trinajstić information content (AvgIpc) is 3.18. The van der Waals surface area contributed by atoms with Crippen molar-refractivity contribution in [2.75, 3.05) is 13.2 Å². The van der Waals surface area contributed by atoms with Crippen molar-refractivity contribution in [2.24, 2.45) is 15.7 Å². The van der Waals surface area contributed by atoms with Crippen molar-refractivity contribution in [3.05, 3.63) is 82.8 Å². The maximum atomic E-state index is 14.3. The average molecular weight is 459 g/mol. The Hall–Kier alpha value is -3.24. The van der Waals surface area contributed by atoms with Gasteiger partial charge < -0.3 is 10.5 Å². The third-order valence-corrected chi connectivity index (χ3v) is 5.03. The van der Waals surface area contributed by atoms with Crippen molar-refractivity contribution in [1.29, 1.82) is 5.26 Å². The van der Waals surface area contributed by atoms with Gasteiger partial charge in [0.25, 0.3) is 0 Å². The van der Waals surface area contributed by atoms with Gasteiger partial charge in [-0.15, -0.1) is 0 Å². The Bertz CT molecular complexity index is 1030. The number of benzene rings is 1. The molecule has 0 bridgehead atoms. The van der Waals surface area contributed by atoms with E-state index in [0.29, 0.717) is 66.4 Å². The topological polar surface area (TPSA) is 83.8 Å². The van der Waals surface area contributed by atoms with Gasteiger partial charge in [-0.3, -0.25) is 4.99 Å². The molecule has 8 heteroatoms. The van der Waals surface area contributed by atoms with E-state index in [2.05, 4.69) is 22.6 Å². The van der Waals surface area contributed by atoms with Gasteiger partial charge in [-0.25, -0.2) is 13.8 Å². The molecule has 0 fully saturated rings. The summed E-state index contributed by atoms with van der Waals surface area (Å²) in [6.07, 6.45) is 6.51. The van der Waals surface area contributed by atoms with Crippen LogP contribution >= 0.6 is 11.6 Å². The van der Waals surface area contributed by atoms with Crippen LogP contribution in [-0.4, -0.2) is 24.7 Å². The minimum Gasteiger partial charge on any atom is -0.492 e. The smallest absolute Gasteiger partial charge is 0.132 e. The van der Waals surface area contributed by atoms with E-state index in [1.54, 1.807) is 19.1 Å². The second-order valence-corrected chi connectivity index (χ2v) is 7.09. The third-order valence-electron chi connectivity index (χ3n) is 4.93. The lowest BCUT2D eigenvalue weighted by molar-refractivity contribution is 0.219. The van der Waals surface area contributed by atoms with E-state index in [1.807, 2.05) is 0 Å².